The van der Waals surface area contributed by atoms with Gasteiger partial charge in [0.1, 0.15) is 5.82 Å². The molecular weight excluding hydrogens is 233 g/mol. The monoisotopic (exact) mass is 247 g/mol. The zero-order chi connectivity index (χ0) is 12.2. The van der Waals surface area contributed by atoms with Crippen molar-refractivity contribution in [3.8, 4) is 0 Å². The van der Waals surface area contributed by atoms with Gasteiger partial charge in [0.15, 0.2) is 0 Å². The average Bonchev–Trinajstić information content (AvgIpc) is 2.24. The lowest BCUT2D eigenvalue weighted by Gasteiger charge is -2.09. The minimum Gasteiger partial charge on any atom is -0.395 e. The summed E-state index contributed by atoms with van der Waals surface area (Å²) in [6.07, 6.45) is 0. The summed E-state index contributed by atoms with van der Waals surface area (Å²) >= 11 is 0. The summed E-state index contributed by atoms with van der Waals surface area (Å²) in [5, 5.41) is 2.76. The lowest BCUT2D eigenvalue weighted by molar-refractivity contribution is 0.588. The van der Waals surface area contributed by atoms with Gasteiger partial charge in [0, 0.05) is 6.54 Å². The lowest BCUT2D eigenvalue weighted by atomic mass is 10.2. The van der Waals surface area contributed by atoms with E-state index in [4.69, 9.17) is 5.73 Å². The van der Waals surface area contributed by atoms with E-state index in [-0.39, 0.29) is 18.0 Å². The summed E-state index contributed by atoms with van der Waals surface area (Å²) in [6, 6.07) is 4.33. The van der Waals surface area contributed by atoms with Crippen molar-refractivity contribution in [3.05, 3.63) is 24.0 Å². The van der Waals surface area contributed by atoms with Gasteiger partial charge in [-0.2, -0.15) is 0 Å². The number of hydrogen-bond acceptors (Lipinski definition) is 4. The van der Waals surface area contributed by atoms with Gasteiger partial charge in [-0.15, -0.1) is 0 Å². The second-order valence-corrected chi connectivity index (χ2v) is 5.20. The minimum atomic E-state index is -3.26. The second-order valence-electron chi connectivity index (χ2n) is 3.15. The van der Waals surface area contributed by atoms with Crippen molar-refractivity contribution >= 4 is 21.4 Å². The SMILES string of the molecule is CNS(=O)(=O)CCNc1cccc(F)c1N. The number of nitrogens with one attached hydrogen (secondary N) is 2. The number of anilines is 2. The average molecular weight is 247 g/mol. The summed E-state index contributed by atoms with van der Waals surface area (Å²) < 4.78 is 37.4. The molecule has 5 nitrogen and oxygen atoms in total. The molecule has 0 aromatic heterocycles. The fraction of sp³-hybridized carbons (Fsp3) is 0.333. The Balaban J connectivity index is 2.59. The van der Waals surface area contributed by atoms with Crippen LogP contribution in [0, 0.1) is 5.82 Å². The first-order valence-corrected chi connectivity index (χ1v) is 6.30. The number of halogens is 1. The Morgan fingerprint density at radius 2 is 2.12 bits per heavy atom. The Hall–Kier alpha value is -1.34. The lowest BCUT2D eigenvalue weighted by Crippen LogP contribution is -2.26. The zero-order valence-corrected chi connectivity index (χ0v) is 9.64. The highest BCUT2D eigenvalue weighted by atomic mass is 32.2. The Kier molecular flexibility index (Phi) is 4.08. The molecule has 0 fully saturated rings. The second kappa shape index (κ2) is 5.13. The Bertz CT molecular complexity index is 462. The Labute approximate surface area is 93.9 Å². The number of benzene rings is 1. The van der Waals surface area contributed by atoms with E-state index in [1.807, 2.05) is 0 Å². The molecule has 16 heavy (non-hydrogen) atoms. The molecule has 0 saturated heterocycles. The van der Waals surface area contributed by atoms with E-state index in [9.17, 15) is 12.8 Å². The van der Waals surface area contributed by atoms with Crippen molar-refractivity contribution in [1.82, 2.24) is 4.72 Å². The van der Waals surface area contributed by atoms with Gasteiger partial charge in [-0.3, -0.25) is 0 Å². The number of sulfonamides is 1. The van der Waals surface area contributed by atoms with Crippen LogP contribution < -0.4 is 15.8 Å². The fourth-order valence-electron chi connectivity index (χ4n) is 1.11. The third-order valence-electron chi connectivity index (χ3n) is 2.05. The maximum Gasteiger partial charge on any atom is 0.213 e. The van der Waals surface area contributed by atoms with E-state index in [0.717, 1.165) is 0 Å². The van der Waals surface area contributed by atoms with Crippen molar-refractivity contribution in [3.63, 3.8) is 0 Å². The van der Waals surface area contributed by atoms with Gasteiger partial charge in [-0.05, 0) is 19.2 Å². The van der Waals surface area contributed by atoms with Crippen molar-refractivity contribution in [2.24, 2.45) is 0 Å². The highest BCUT2D eigenvalue weighted by molar-refractivity contribution is 7.89. The first-order valence-electron chi connectivity index (χ1n) is 4.65. The standard InChI is InChI=1S/C9H14FN3O2S/c1-12-16(14,15)6-5-13-8-4-2-3-7(10)9(8)11/h2-4,12-13H,5-6,11H2,1H3. The first kappa shape index (κ1) is 12.7. The van der Waals surface area contributed by atoms with Crippen molar-refractivity contribution in [1.29, 1.82) is 0 Å². The van der Waals surface area contributed by atoms with Crippen molar-refractivity contribution in [2.45, 2.75) is 0 Å². The minimum absolute atomic E-state index is 0.00986. The van der Waals surface area contributed by atoms with E-state index in [1.54, 1.807) is 6.07 Å². The highest BCUT2D eigenvalue weighted by Gasteiger charge is 2.07. The van der Waals surface area contributed by atoms with Crippen LogP contribution in [0.5, 0.6) is 0 Å². The van der Waals surface area contributed by atoms with Gasteiger partial charge in [0.05, 0.1) is 17.1 Å². The molecule has 1 aromatic rings. The van der Waals surface area contributed by atoms with E-state index >= 15 is 0 Å². The molecule has 0 bridgehead atoms. The van der Waals surface area contributed by atoms with Crippen LogP contribution in [-0.4, -0.2) is 27.8 Å². The number of para-hydroxylation sites is 1. The fourth-order valence-corrected chi connectivity index (χ4v) is 1.69. The first-order chi connectivity index (χ1) is 7.46. The summed E-state index contributed by atoms with van der Waals surface area (Å²) in [7, 11) is -1.92. The van der Waals surface area contributed by atoms with E-state index in [2.05, 4.69) is 10.0 Å². The summed E-state index contributed by atoms with van der Waals surface area (Å²) in [4.78, 5) is 0. The van der Waals surface area contributed by atoms with Gasteiger partial charge in [-0.1, -0.05) is 6.07 Å². The number of nitrogen functional groups attached to an aromatic ring is 1. The zero-order valence-electron chi connectivity index (χ0n) is 8.83. The molecule has 0 aliphatic heterocycles. The van der Waals surface area contributed by atoms with Gasteiger partial charge >= 0.3 is 0 Å². The molecule has 0 atom stereocenters. The molecule has 1 rings (SSSR count). The number of hydrogen-bond donors (Lipinski definition) is 3. The topological polar surface area (TPSA) is 84.2 Å². The quantitative estimate of drug-likeness (QED) is 0.656. The molecule has 90 valence electrons. The third kappa shape index (κ3) is 3.35. The van der Waals surface area contributed by atoms with E-state index in [0.29, 0.717) is 5.69 Å². The van der Waals surface area contributed by atoms with Crippen molar-refractivity contribution in [2.75, 3.05) is 30.4 Å². The molecule has 0 aliphatic carbocycles. The van der Waals surface area contributed by atoms with Crippen LogP contribution in [0.15, 0.2) is 18.2 Å². The van der Waals surface area contributed by atoms with E-state index < -0.39 is 15.8 Å². The van der Waals surface area contributed by atoms with Crippen LogP contribution in [-0.2, 0) is 10.0 Å². The molecule has 4 N–H and O–H groups in total. The van der Waals surface area contributed by atoms with Crippen LogP contribution in [0.4, 0.5) is 15.8 Å². The Morgan fingerprint density at radius 3 is 2.75 bits per heavy atom. The molecule has 0 amide bonds. The largest absolute Gasteiger partial charge is 0.395 e. The van der Waals surface area contributed by atoms with Crippen LogP contribution in [0.3, 0.4) is 0 Å². The predicted octanol–water partition coefficient (Wildman–Crippen LogP) is 0.369. The molecule has 1 aromatic carbocycles. The molecule has 0 unspecified atom stereocenters. The highest BCUT2D eigenvalue weighted by Crippen LogP contribution is 2.20. The molecule has 0 aliphatic rings. The molecular formula is C9H14FN3O2S. The number of nitrogens with two attached hydrogens (primary N) is 1. The van der Waals surface area contributed by atoms with Gasteiger partial charge < -0.3 is 11.1 Å². The van der Waals surface area contributed by atoms with Gasteiger partial charge in [-0.25, -0.2) is 17.5 Å². The predicted molar refractivity (Wildman–Crippen MR) is 62.1 cm³/mol. The maximum absolute atomic E-state index is 13.0. The smallest absolute Gasteiger partial charge is 0.213 e. The van der Waals surface area contributed by atoms with Crippen LogP contribution >= 0.6 is 0 Å². The summed E-state index contributed by atoms with van der Waals surface area (Å²) in [5.74, 6) is -0.624. The van der Waals surface area contributed by atoms with Crippen LogP contribution in [0.1, 0.15) is 0 Å². The molecule has 0 radical (unpaired) electrons. The molecule has 0 saturated carbocycles. The number of rotatable bonds is 5. The van der Waals surface area contributed by atoms with Crippen LogP contribution in [0.2, 0.25) is 0 Å². The third-order valence-corrected chi connectivity index (χ3v) is 3.41. The Morgan fingerprint density at radius 1 is 1.44 bits per heavy atom. The summed E-state index contributed by atoms with van der Waals surface area (Å²) in [6.45, 7) is 0.164. The maximum atomic E-state index is 13.0. The molecule has 0 heterocycles. The van der Waals surface area contributed by atoms with E-state index in [1.165, 1.54) is 19.2 Å². The van der Waals surface area contributed by atoms with Crippen molar-refractivity contribution < 1.29 is 12.8 Å². The van der Waals surface area contributed by atoms with Gasteiger partial charge in [0.25, 0.3) is 0 Å². The summed E-state index contributed by atoms with van der Waals surface area (Å²) in [5.41, 5.74) is 5.85. The van der Waals surface area contributed by atoms with Gasteiger partial charge in [0.2, 0.25) is 10.0 Å². The molecule has 7 heteroatoms. The normalized spacial score (nSPS) is 11.4. The van der Waals surface area contributed by atoms with Crippen LogP contribution in [0.25, 0.3) is 0 Å². The molecule has 0 spiro atoms.